The maximum Gasteiger partial charge on any atom is 0.326 e. The molecule has 4 aliphatic carbocycles. The van der Waals surface area contributed by atoms with Crippen molar-refractivity contribution in [2.24, 2.45) is 47.2 Å². The Morgan fingerprint density at radius 3 is 2.35 bits per heavy atom. The van der Waals surface area contributed by atoms with Gasteiger partial charge in [-0.2, -0.15) is 12.6 Å². The van der Waals surface area contributed by atoms with E-state index in [1.807, 2.05) is 0 Å². The van der Waals surface area contributed by atoms with E-state index in [4.69, 9.17) is 10.5 Å². The Morgan fingerprint density at radius 1 is 0.962 bits per heavy atom. The van der Waals surface area contributed by atoms with E-state index in [0.29, 0.717) is 5.92 Å². The summed E-state index contributed by atoms with van der Waals surface area (Å²) in [4.78, 5) is 11.8. The molecule has 5 heteroatoms. The molecule has 0 aromatic rings. The number of nitrogens with two attached hydrogens (primary N) is 1. The second-order valence-electron chi connectivity index (χ2n) is 9.45. The first kappa shape index (κ1) is 19.1. The molecule has 3 unspecified atom stereocenters. The molecule has 0 amide bonds. The van der Waals surface area contributed by atoms with Crippen LogP contribution in [0.2, 0.25) is 0 Å². The standard InChI is InChI=1S/C21H35NO3S/c22-19(11-26)21(24)25-20(23)14-6-7-16-13(10-14)5-9-17-15-3-1-2-12(15)4-8-18(16)17/h12-20,23,26H,1-11,22H2/t12-,13?,14?,15+,16-,17-,18+,19-,20?/m0/s1. The molecule has 0 radical (unpaired) electrons. The normalized spacial score (nSPS) is 44.3. The van der Waals surface area contributed by atoms with Crippen molar-refractivity contribution >= 4 is 18.6 Å². The van der Waals surface area contributed by atoms with E-state index in [2.05, 4.69) is 12.6 Å². The van der Waals surface area contributed by atoms with Gasteiger partial charge in [0.25, 0.3) is 0 Å². The van der Waals surface area contributed by atoms with Crippen LogP contribution in [0.1, 0.15) is 64.2 Å². The van der Waals surface area contributed by atoms with Crippen LogP contribution in [0.25, 0.3) is 0 Å². The summed E-state index contributed by atoms with van der Waals surface area (Å²) in [6.07, 6.45) is 12.2. The summed E-state index contributed by atoms with van der Waals surface area (Å²) in [6.45, 7) is 0. The lowest BCUT2D eigenvalue weighted by atomic mass is 9.53. The van der Waals surface area contributed by atoms with Gasteiger partial charge in [-0.3, -0.25) is 4.79 Å². The third kappa shape index (κ3) is 3.56. The van der Waals surface area contributed by atoms with Gasteiger partial charge >= 0.3 is 5.97 Å². The van der Waals surface area contributed by atoms with E-state index >= 15 is 0 Å². The highest BCUT2D eigenvalue weighted by atomic mass is 32.1. The zero-order valence-electron chi connectivity index (χ0n) is 15.8. The van der Waals surface area contributed by atoms with Gasteiger partial charge in [-0.25, -0.2) is 0 Å². The number of thiol groups is 1. The number of carbonyl (C=O) groups is 1. The quantitative estimate of drug-likeness (QED) is 0.397. The Bertz CT molecular complexity index is 515. The zero-order chi connectivity index (χ0) is 18.3. The number of aliphatic hydroxyl groups is 1. The van der Waals surface area contributed by atoms with Crippen LogP contribution in [0, 0.1) is 41.4 Å². The molecule has 0 heterocycles. The molecule has 0 aromatic carbocycles. The first-order chi connectivity index (χ1) is 12.6. The lowest BCUT2D eigenvalue weighted by Crippen LogP contribution is -2.46. The number of esters is 1. The summed E-state index contributed by atoms with van der Waals surface area (Å²) < 4.78 is 5.23. The molecule has 3 N–H and O–H groups in total. The van der Waals surface area contributed by atoms with Crippen LogP contribution in [-0.4, -0.2) is 29.2 Å². The third-order valence-electron chi connectivity index (χ3n) is 8.33. The molecule has 4 nitrogen and oxygen atoms in total. The van der Waals surface area contributed by atoms with E-state index in [1.165, 1.54) is 51.4 Å². The molecular formula is C21H35NO3S. The van der Waals surface area contributed by atoms with Gasteiger partial charge in [0.05, 0.1) is 0 Å². The summed E-state index contributed by atoms with van der Waals surface area (Å²) in [5.41, 5.74) is 5.65. The number of hydrogen-bond donors (Lipinski definition) is 3. The Morgan fingerprint density at radius 2 is 1.62 bits per heavy atom. The summed E-state index contributed by atoms with van der Waals surface area (Å²) in [5.74, 6) is 5.28. The number of hydrogen-bond acceptors (Lipinski definition) is 5. The average molecular weight is 382 g/mol. The van der Waals surface area contributed by atoms with Crippen LogP contribution in [0.4, 0.5) is 0 Å². The molecule has 9 atom stereocenters. The molecule has 0 aromatic heterocycles. The summed E-state index contributed by atoms with van der Waals surface area (Å²) in [7, 11) is 0. The Kier molecular flexibility index (Phi) is 5.87. The first-order valence-electron chi connectivity index (χ1n) is 10.8. The van der Waals surface area contributed by atoms with Crippen LogP contribution in [0.15, 0.2) is 0 Å². The van der Waals surface area contributed by atoms with Gasteiger partial charge in [-0.15, -0.1) is 0 Å². The highest BCUT2D eigenvalue weighted by Gasteiger charge is 2.50. The summed E-state index contributed by atoms with van der Waals surface area (Å²) >= 11 is 4.03. The SMILES string of the molecule is N[C@@H](CS)C(=O)OC(O)C1CC[C@H]2C(CC[C@H]3[C@@H]4CCC[C@H]4CC[C@@H]32)C1. The summed E-state index contributed by atoms with van der Waals surface area (Å²) in [6, 6.07) is -0.749. The zero-order valence-corrected chi connectivity index (χ0v) is 16.7. The number of ether oxygens (including phenoxy) is 1. The number of fused-ring (bicyclic) bond motifs is 5. The second kappa shape index (κ2) is 8.00. The lowest BCUT2D eigenvalue weighted by molar-refractivity contribution is -0.184. The molecule has 0 bridgehead atoms. The van der Waals surface area contributed by atoms with Gasteiger partial charge in [0, 0.05) is 11.7 Å². The molecule has 0 saturated heterocycles. The minimum Gasteiger partial charge on any atom is -0.434 e. The molecule has 0 aliphatic heterocycles. The first-order valence-corrected chi connectivity index (χ1v) is 11.5. The minimum atomic E-state index is -1.00. The smallest absolute Gasteiger partial charge is 0.326 e. The average Bonchev–Trinajstić information content (AvgIpc) is 3.15. The van der Waals surface area contributed by atoms with Crippen molar-refractivity contribution in [3.63, 3.8) is 0 Å². The van der Waals surface area contributed by atoms with Crippen molar-refractivity contribution in [2.45, 2.75) is 76.5 Å². The van der Waals surface area contributed by atoms with Crippen LogP contribution in [-0.2, 0) is 9.53 Å². The van der Waals surface area contributed by atoms with Crippen molar-refractivity contribution in [1.82, 2.24) is 0 Å². The third-order valence-corrected chi connectivity index (χ3v) is 8.72. The number of rotatable bonds is 4. The van der Waals surface area contributed by atoms with Crippen LogP contribution in [0.3, 0.4) is 0 Å². The second-order valence-corrected chi connectivity index (χ2v) is 9.82. The van der Waals surface area contributed by atoms with Crippen LogP contribution >= 0.6 is 12.6 Å². The van der Waals surface area contributed by atoms with E-state index < -0.39 is 18.3 Å². The minimum absolute atomic E-state index is 0.0756. The van der Waals surface area contributed by atoms with E-state index in [-0.39, 0.29) is 11.7 Å². The maximum absolute atomic E-state index is 11.8. The van der Waals surface area contributed by atoms with Crippen molar-refractivity contribution in [3.8, 4) is 0 Å². The highest BCUT2D eigenvalue weighted by molar-refractivity contribution is 7.80. The van der Waals surface area contributed by atoms with Crippen molar-refractivity contribution in [3.05, 3.63) is 0 Å². The summed E-state index contributed by atoms with van der Waals surface area (Å²) in [5, 5.41) is 10.4. The Hall–Kier alpha value is -0.260. The molecule has 4 fully saturated rings. The van der Waals surface area contributed by atoms with E-state index in [1.54, 1.807) is 0 Å². The fourth-order valence-corrected chi connectivity index (χ4v) is 7.30. The van der Waals surface area contributed by atoms with E-state index in [0.717, 1.165) is 42.4 Å². The van der Waals surface area contributed by atoms with Crippen molar-refractivity contribution < 1.29 is 14.6 Å². The Labute approximate surface area is 163 Å². The maximum atomic E-state index is 11.8. The van der Waals surface area contributed by atoms with Gasteiger partial charge in [0.2, 0.25) is 6.29 Å². The fourth-order valence-electron chi connectivity index (χ4n) is 7.15. The van der Waals surface area contributed by atoms with E-state index in [9.17, 15) is 9.90 Å². The molecule has 4 saturated carbocycles. The lowest BCUT2D eigenvalue weighted by Gasteiger charge is -2.53. The molecule has 4 rings (SSSR count). The van der Waals surface area contributed by atoms with Gasteiger partial charge in [0.1, 0.15) is 6.04 Å². The van der Waals surface area contributed by atoms with Crippen LogP contribution < -0.4 is 5.73 Å². The molecule has 0 spiro atoms. The van der Waals surface area contributed by atoms with Crippen molar-refractivity contribution in [2.75, 3.05) is 5.75 Å². The fraction of sp³-hybridized carbons (Fsp3) is 0.952. The van der Waals surface area contributed by atoms with Gasteiger partial charge < -0.3 is 15.6 Å². The number of carbonyl (C=O) groups excluding carboxylic acids is 1. The number of aliphatic hydroxyl groups excluding tert-OH is 1. The molecule has 26 heavy (non-hydrogen) atoms. The predicted octanol–water partition coefficient (Wildman–Crippen LogP) is 3.37. The van der Waals surface area contributed by atoms with Crippen molar-refractivity contribution in [1.29, 1.82) is 0 Å². The van der Waals surface area contributed by atoms with Crippen LogP contribution in [0.5, 0.6) is 0 Å². The largest absolute Gasteiger partial charge is 0.434 e. The van der Waals surface area contributed by atoms with Gasteiger partial charge in [0.15, 0.2) is 0 Å². The monoisotopic (exact) mass is 381 g/mol. The Balaban J connectivity index is 1.35. The predicted molar refractivity (Wildman–Crippen MR) is 105 cm³/mol. The highest BCUT2D eigenvalue weighted by Crippen LogP contribution is 2.58. The molecular weight excluding hydrogens is 346 g/mol. The molecule has 148 valence electrons. The van der Waals surface area contributed by atoms with Gasteiger partial charge in [-0.05, 0) is 86.9 Å². The molecule has 4 aliphatic rings. The van der Waals surface area contributed by atoms with Gasteiger partial charge in [-0.1, -0.05) is 12.8 Å². The topological polar surface area (TPSA) is 72.6 Å².